The fourth-order valence-electron chi connectivity index (χ4n) is 5.46. The number of hydrogen-bond donors (Lipinski definition) is 0. The van der Waals surface area contributed by atoms with E-state index in [1.54, 1.807) is 0 Å². The van der Waals surface area contributed by atoms with Gasteiger partial charge in [-0.2, -0.15) is 0 Å². The number of ether oxygens (including phenoxy) is 1. The lowest BCUT2D eigenvalue weighted by atomic mass is 9.85. The molecule has 0 aromatic heterocycles. The number of morpholine rings is 1. The van der Waals surface area contributed by atoms with E-state index in [9.17, 15) is 4.79 Å². The molecule has 5 rings (SSSR count). The molecule has 3 aliphatic heterocycles. The van der Waals surface area contributed by atoms with Gasteiger partial charge in [-0.25, -0.2) is 0 Å². The number of nitrogens with zero attached hydrogens (tertiary/aromatic N) is 3. The molecule has 164 valence electrons. The first-order chi connectivity index (χ1) is 15.2. The van der Waals surface area contributed by atoms with Crippen LogP contribution in [0.3, 0.4) is 0 Å². The molecule has 3 fully saturated rings. The number of carbonyl (C=O) groups excluding carboxylic acids is 1. The molecule has 5 heteroatoms. The van der Waals surface area contributed by atoms with Crippen LogP contribution in [-0.4, -0.2) is 79.6 Å². The van der Waals surface area contributed by atoms with Gasteiger partial charge in [0.1, 0.15) is 0 Å². The van der Waals surface area contributed by atoms with Gasteiger partial charge in [-0.3, -0.25) is 14.6 Å². The SMILES string of the molecule is O=C1N(CCN2CCOCC2)CCC12CCN(Cc1ccccc1-c1ccccc1)C2. The fourth-order valence-corrected chi connectivity index (χ4v) is 5.46. The van der Waals surface area contributed by atoms with Crippen LogP contribution >= 0.6 is 0 Å². The van der Waals surface area contributed by atoms with E-state index >= 15 is 0 Å². The van der Waals surface area contributed by atoms with Gasteiger partial charge in [0.15, 0.2) is 0 Å². The molecular formula is C26H33N3O2. The van der Waals surface area contributed by atoms with Crippen molar-refractivity contribution in [3.05, 3.63) is 60.2 Å². The topological polar surface area (TPSA) is 36.0 Å². The number of hydrogen-bond acceptors (Lipinski definition) is 4. The first-order valence-electron chi connectivity index (χ1n) is 11.7. The van der Waals surface area contributed by atoms with Gasteiger partial charge in [0.25, 0.3) is 0 Å². The quantitative estimate of drug-likeness (QED) is 0.721. The van der Waals surface area contributed by atoms with Crippen molar-refractivity contribution in [1.82, 2.24) is 14.7 Å². The van der Waals surface area contributed by atoms with E-state index in [1.165, 1.54) is 16.7 Å². The fraction of sp³-hybridized carbons (Fsp3) is 0.500. The zero-order chi connectivity index (χ0) is 21.1. The van der Waals surface area contributed by atoms with Crippen molar-refractivity contribution in [2.24, 2.45) is 5.41 Å². The van der Waals surface area contributed by atoms with Gasteiger partial charge in [0.05, 0.1) is 18.6 Å². The molecule has 0 N–H and O–H groups in total. The minimum atomic E-state index is -0.160. The maximum absolute atomic E-state index is 13.3. The van der Waals surface area contributed by atoms with Gasteiger partial charge in [0.2, 0.25) is 5.91 Å². The van der Waals surface area contributed by atoms with Crippen molar-refractivity contribution >= 4 is 5.91 Å². The highest BCUT2D eigenvalue weighted by molar-refractivity contribution is 5.85. The largest absolute Gasteiger partial charge is 0.379 e. The van der Waals surface area contributed by atoms with Gasteiger partial charge in [-0.1, -0.05) is 54.6 Å². The van der Waals surface area contributed by atoms with Crippen molar-refractivity contribution in [3.63, 3.8) is 0 Å². The molecule has 3 saturated heterocycles. The summed E-state index contributed by atoms with van der Waals surface area (Å²) in [5.74, 6) is 0.389. The minimum absolute atomic E-state index is 0.160. The number of amides is 1. The Morgan fingerprint density at radius 2 is 1.55 bits per heavy atom. The molecule has 0 radical (unpaired) electrons. The maximum atomic E-state index is 13.3. The average molecular weight is 420 g/mol. The van der Waals surface area contributed by atoms with Crippen LogP contribution in [-0.2, 0) is 16.1 Å². The highest BCUT2D eigenvalue weighted by atomic mass is 16.5. The summed E-state index contributed by atoms with van der Waals surface area (Å²) in [5, 5.41) is 0. The Kier molecular flexibility index (Phi) is 6.08. The lowest BCUT2D eigenvalue weighted by Gasteiger charge is -2.29. The highest BCUT2D eigenvalue weighted by Gasteiger charge is 2.50. The molecule has 1 unspecified atom stereocenters. The van der Waals surface area contributed by atoms with E-state index in [1.807, 2.05) is 0 Å². The maximum Gasteiger partial charge on any atom is 0.230 e. The first kappa shape index (κ1) is 20.7. The molecule has 0 saturated carbocycles. The first-order valence-corrected chi connectivity index (χ1v) is 11.7. The van der Waals surface area contributed by atoms with Crippen molar-refractivity contribution in [3.8, 4) is 11.1 Å². The number of likely N-dealkylation sites (tertiary alicyclic amines) is 2. The minimum Gasteiger partial charge on any atom is -0.379 e. The van der Waals surface area contributed by atoms with Crippen LogP contribution in [0.5, 0.6) is 0 Å². The summed E-state index contributed by atoms with van der Waals surface area (Å²) in [7, 11) is 0. The summed E-state index contributed by atoms with van der Waals surface area (Å²) < 4.78 is 5.44. The Bertz CT molecular complexity index is 897. The summed E-state index contributed by atoms with van der Waals surface area (Å²) >= 11 is 0. The molecule has 0 aliphatic carbocycles. The third-order valence-corrected chi connectivity index (χ3v) is 7.32. The van der Waals surface area contributed by atoms with Crippen LogP contribution in [0.2, 0.25) is 0 Å². The summed E-state index contributed by atoms with van der Waals surface area (Å²) in [6.45, 7) is 9.16. The van der Waals surface area contributed by atoms with E-state index in [2.05, 4.69) is 69.3 Å². The highest BCUT2D eigenvalue weighted by Crippen LogP contribution is 2.41. The van der Waals surface area contributed by atoms with Crippen LogP contribution in [0.1, 0.15) is 18.4 Å². The Labute approximate surface area is 185 Å². The zero-order valence-corrected chi connectivity index (χ0v) is 18.3. The van der Waals surface area contributed by atoms with Gasteiger partial charge < -0.3 is 9.64 Å². The normalized spacial score (nSPS) is 25.0. The second kappa shape index (κ2) is 9.11. The Balaban J connectivity index is 1.21. The van der Waals surface area contributed by atoms with E-state index in [0.29, 0.717) is 5.91 Å². The lowest BCUT2D eigenvalue weighted by Crippen LogP contribution is -2.43. The molecule has 1 atom stereocenters. The van der Waals surface area contributed by atoms with Crippen molar-refractivity contribution in [2.45, 2.75) is 19.4 Å². The molecule has 3 heterocycles. The summed E-state index contributed by atoms with van der Waals surface area (Å²) in [6.07, 6.45) is 2.00. The Hall–Kier alpha value is -2.21. The van der Waals surface area contributed by atoms with Gasteiger partial charge in [-0.15, -0.1) is 0 Å². The molecule has 2 aromatic rings. The molecule has 31 heavy (non-hydrogen) atoms. The number of benzene rings is 2. The van der Waals surface area contributed by atoms with E-state index < -0.39 is 0 Å². The van der Waals surface area contributed by atoms with Crippen LogP contribution in [0, 0.1) is 5.41 Å². The predicted octanol–water partition coefficient (Wildman–Crippen LogP) is 3.11. The van der Waals surface area contributed by atoms with Gasteiger partial charge >= 0.3 is 0 Å². The molecule has 0 bridgehead atoms. The molecule has 2 aromatic carbocycles. The van der Waals surface area contributed by atoms with Crippen LogP contribution in [0.4, 0.5) is 0 Å². The van der Waals surface area contributed by atoms with Crippen molar-refractivity contribution in [1.29, 1.82) is 0 Å². The van der Waals surface area contributed by atoms with E-state index in [4.69, 9.17) is 4.74 Å². The Morgan fingerprint density at radius 3 is 2.39 bits per heavy atom. The van der Waals surface area contributed by atoms with Crippen molar-refractivity contribution < 1.29 is 9.53 Å². The average Bonchev–Trinajstić information content (AvgIpc) is 3.37. The number of carbonyl (C=O) groups is 1. The van der Waals surface area contributed by atoms with Gasteiger partial charge in [-0.05, 0) is 36.1 Å². The summed E-state index contributed by atoms with van der Waals surface area (Å²) in [6, 6.07) is 19.3. The van der Waals surface area contributed by atoms with Crippen LogP contribution < -0.4 is 0 Å². The third kappa shape index (κ3) is 4.40. The second-order valence-electron chi connectivity index (χ2n) is 9.26. The summed E-state index contributed by atoms with van der Waals surface area (Å²) in [4.78, 5) is 20.4. The third-order valence-electron chi connectivity index (χ3n) is 7.32. The smallest absolute Gasteiger partial charge is 0.230 e. The number of rotatable bonds is 6. The summed E-state index contributed by atoms with van der Waals surface area (Å²) in [5.41, 5.74) is 3.75. The molecule has 1 amide bonds. The van der Waals surface area contributed by atoms with E-state index in [0.717, 1.165) is 78.4 Å². The molecular weight excluding hydrogens is 386 g/mol. The monoisotopic (exact) mass is 419 g/mol. The predicted molar refractivity (Wildman–Crippen MR) is 123 cm³/mol. The van der Waals surface area contributed by atoms with Crippen LogP contribution in [0.25, 0.3) is 11.1 Å². The van der Waals surface area contributed by atoms with Gasteiger partial charge in [0, 0.05) is 45.8 Å². The van der Waals surface area contributed by atoms with E-state index in [-0.39, 0.29) is 5.41 Å². The molecule has 3 aliphatic rings. The zero-order valence-electron chi connectivity index (χ0n) is 18.3. The molecule has 1 spiro atoms. The standard InChI is InChI=1S/C26H33N3O2/c30-25-26(11-13-29(25)15-14-27-16-18-31-19-17-27)10-12-28(21-26)20-23-8-4-5-9-24(23)22-6-2-1-3-7-22/h1-9H,10-21H2. The lowest BCUT2D eigenvalue weighted by molar-refractivity contribution is -0.135. The van der Waals surface area contributed by atoms with Crippen molar-refractivity contribution in [2.75, 3.05) is 59.0 Å². The molecule has 5 nitrogen and oxygen atoms in total. The van der Waals surface area contributed by atoms with Crippen LogP contribution in [0.15, 0.2) is 54.6 Å². The second-order valence-corrected chi connectivity index (χ2v) is 9.26. The Morgan fingerprint density at radius 1 is 0.806 bits per heavy atom.